The first-order valence-electron chi connectivity index (χ1n) is 4.98. The minimum absolute atomic E-state index is 0.247. The number of halogens is 1. The van der Waals surface area contributed by atoms with Crippen LogP contribution in [0.25, 0.3) is 0 Å². The second kappa shape index (κ2) is 4.51. The van der Waals surface area contributed by atoms with Crippen molar-refractivity contribution in [1.29, 1.82) is 10.5 Å². The van der Waals surface area contributed by atoms with Gasteiger partial charge in [0.2, 0.25) is 0 Å². The number of rotatable bonds is 2. The van der Waals surface area contributed by atoms with Gasteiger partial charge in [0, 0.05) is 11.8 Å². The summed E-state index contributed by atoms with van der Waals surface area (Å²) in [6.07, 6.45) is 1.71. The van der Waals surface area contributed by atoms with E-state index in [1.165, 1.54) is 18.2 Å². The lowest BCUT2D eigenvalue weighted by molar-refractivity contribution is 0.599. The molecule has 0 amide bonds. The summed E-state index contributed by atoms with van der Waals surface area (Å²) in [5.41, 5.74) is 1.27. The molecule has 17 heavy (non-hydrogen) atoms. The molecule has 0 unspecified atom stereocenters. The fourth-order valence-corrected chi connectivity index (χ4v) is 1.60. The molecule has 4 heteroatoms. The van der Waals surface area contributed by atoms with Crippen molar-refractivity contribution in [3.63, 3.8) is 0 Å². The Kier molecular flexibility index (Phi) is 2.89. The Balaban J connectivity index is 2.37. The predicted molar refractivity (Wildman–Crippen MR) is 59.4 cm³/mol. The molecule has 0 fully saturated rings. The highest BCUT2D eigenvalue weighted by atomic mass is 19.1. The van der Waals surface area contributed by atoms with Crippen LogP contribution in [0.3, 0.4) is 0 Å². The molecule has 0 aliphatic rings. The van der Waals surface area contributed by atoms with Gasteiger partial charge in [-0.15, -0.1) is 0 Å². The maximum atomic E-state index is 13.5. The normalized spacial score (nSPS) is 9.59. The van der Waals surface area contributed by atoms with Gasteiger partial charge in [0.05, 0.1) is 18.2 Å². The summed E-state index contributed by atoms with van der Waals surface area (Å²) in [5, 5.41) is 17.6. The molecular weight excluding hydrogens is 217 g/mol. The summed E-state index contributed by atoms with van der Waals surface area (Å²) in [6, 6.07) is 11.6. The third-order valence-electron chi connectivity index (χ3n) is 2.46. The Labute approximate surface area is 98.0 Å². The van der Waals surface area contributed by atoms with E-state index in [0.717, 1.165) is 0 Å². The van der Waals surface area contributed by atoms with Gasteiger partial charge in [-0.1, -0.05) is 0 Å². The predicted octanol–water partition coefficient (Wildman–Crippen LogP) is 2.42. The summed E-state index contributed by atoms with van der Waals surface area (Å²) in [6.45, 7) is 0.247. The van der Waals surface area contributed by atoms with Crippen LogP contribution in [0.4, 0.5) is 4.39 Å². The molecule has 0 bridgehead atoms. The lowest BCUT2D eigenvalue weighted by Crippen LogP contribution is -2.03. The topological polar surface area (TPSA) is 52.5 Å². The van der Waals surface area contributed by atoms with E-state index in [0.29, 0.717) is 16.8 Å². The van der Waals surface area contributed by atoms with Crippen molar-refractivity contribution in [2.75, 3.05) is 0 Å². The van der Waals surface area contributed by atoms with Gasteiger partial charge in [0.25, 0.3) is 0 Å². The molecular formula is C13H8FN3. The van der Waals surface area contributed by atoms with E-state index >= 15 is 0 Å². The van der Waals surface area contributed by atoms with Crippen molar-refractivity contribution < 1.29 is 4.39 Å². The average molecular weight is 225 g/mol. The minimum atomic E-state index is -0.374. The van der Waals surface area contributed by atoms with E-state index in [1.54, 1.807) is 22.9 Å². The molecule has 3 nitrogen and oxygen atoms in total. The van der Waals surface area contributed by atoms with Crippen LogP contribution in [0.1, 0.15) is 16.8 Å². The number of nitriles is 2. The number of hydrogen-bond donors (Lipinski definition) is 0. The van der Waals surface area contributed by atoms with Crippen LogP contribution in [0.15, 0.2) is 36.5 Å². The number of hydrogen-bond acceptors (Lipinski definition) is 2. The molecule has 0 atom stereocenters. The van der Waals surface area contributed by atoms with Gasteiger partial charge < -0.3 is 4.57 Å². The molecule has 0 saturated heterocycles. The van der Waals surface area contributed by atoms with Crippen LogP contribution < -0.4 is 0 Å². The zero-order valence-corrected chi connectivity index (χ0v) is 8.89. The van der Waals surface area contributed by atoms with Crippen molar-refractivity contribution >= 4 is 0 Å². The van der Waals surface area contributed by atoms with E-state index in [-0.39, 0.29) is 12.4 Å². The fraction of sp³-hybridized carbons (Fsp3) is 0.0769. The molecule has 2 aromatic rings. The Morgan fingerprint density at radius 1 is 1.18 bits per heavy atom. The van der Waals surface area contributed by atoms with E-state index in [9.17, 15) is 4.39 Å². The number of benzene rings is 1. The summed E-state index contributed by atoms with van der Waals surface area (Å²) >= 11 is 0. The van der Waals surface area contributed by atoms with Gasteiger partial charge in [-0.3, -0.25) is 0 Å². The first-order valence-corrected chi connectivity index (χ1v) is 4.98. The quantitative estimate of drug-likeness (QED) is 0.788. The smallest absolute Gasteiger partial charge is 0.128 e. The largest absolute Gasteiger partial charge is 0.335 e. The van der Waals surface area contributed by atoms with Crippen molar-refractivity contribution in [3.05, 3.63) is 59.2 Å². The Hall–Kier alpha value is -2.59. The first-order chi connectivity index (χ1) is 8.24. The van der Waals surface area contributed by atoms with Crippen molar-refractivity contribution in [3.8, 4) is 12.1 Å². The SMILES string of the molecule is N#Cc1ccc(F)c(Cn2cccc2C#N)c1. The van der Waals surface area contributed by atoms with Gasteiger partial charge >= 0.3 is 0 Å². The fourth-order valence-electron chi connectivity index (χ4n) is 1.60. The van der Waals surface area contributed by atoms with Crippen LogP contribution in [-0.2, 0) is 6.54 Å². The lowest BCUT2D eigenvalue weighted by Gasteiger charge is -2.06. The van der Waals surface area contributed by atoms with E-state index in [4.69, 9.17) is 10.5 Å². The van der Waals surface area contributed by atoms with Crippen molar-refractivity contribution in [2.45, 2.75) is 6.54 Å². The average Bonchev–Trinajstić information content (AvgIpc) is 2.79. The maximum Gasteiger partial charge on any atom is 0.128 e. The molecule has 1 aromatic heterocycles. The molecule has 1 heterocycles. The number of nitrogens with zero attached hydrogens (tertiary/aromatic N) is 3. The Morgan fingerprint density at radius 2 is 2.00 bits per heavy atom. The van der Waals surface area contributed by atoms with Crippen LogP contribution in [0.2, 0.25) is 0 Å². The summed E-state index contributed by atoms with van der Waals surface area (Å²) in [4.78, 5) is 0. The maximum absolute atomic E-state index is 13.5. The van der Waals surface area contributed by atoms with Crippen molar-refractivity contribution in [1.82, 2.24) is 4.57 Å². The molecule has 0 aliphatic carbocycles. The Bertz CT molecular complexity index is 629. The van der Waals surface area contributed by atoms with Crippen LogP contribution in [0.5, 0.6) is 0 Å². The van der Waals surface area contributed by atoms with Gasteiger partial charge in [0.1, 0.15) is 17.6 Å². The minimum Gasteiger partial charge on any atom is -0.335 e. The molecule has 1 aromatic carbocycles. The number of aromatic nitrogens is 1. The highest BCUT2D eigenvalue weighted by molar-refractivity contribution is 5.34. The van der Waals surface area contributed by atoms with Gasteiger partial charge in [-0.25, -0.2) is 4.39 Å². The van der Waals surface area contributed by atoms with E-state index < -0.39 is 0 Å². The van der Waals surface area contributed by atoms with Gasteiger partial charge in [-0.05, 0) is 30.3 Å². The molecule has 82 valence electrons. The molecule has 0 spiro atoms. The Morgan fingerprint density at radius 3 is 2.71 bits per heavy atom. The molecule has 0 radical (unpaired) electrons. The molecule has 0 saturated carbocycles. The molecule has 0 aliphatic heterocycles. The van der Waals surface area contributed by atoms with Crippen LogP contribution in [0, 0.1) is 28.5 Å². The zero-order valence-electron chi connectivity index (χ0n) is 8.89. The zero-order chi connectivity index (χ0) is 12.3. The van der Waals surface area contributed by atoms with Crippen LogP contribution in [-0.4, -0.2) is 4.57 Å². The third kappa shape index (κ3) is 2.16. The van der Waals surface area contributed by atoms with Gasteiger partial charge in [0.15, 0.2) is 0 Å². The third-order valence-corrected chi connectivity index (χ3v) is 2.46. The molecule has 0 N–H and O–H groups in total. The summed E-state index contributed by atoms with van der Waals surface area (Å²) in [7, 11) is 0. The highest BCUT2D eigenvalue weighted by Gasteiger charge is 2.06. The first kappa shape index (κ1) is 10.9. The molecule has 2 rings (SSSR count). The van der Waals surface area contributed by atoms with E-state index in [1.807, 2.05) is 12.1 Å². The highest BCUT2D eigenvalue weighted by Crippen LogP contribution is 2.13. The summed E-state index contributed by atoms with van der Waals surface area (Å²) < 4.78 is 15.2. The second-order valence-electron chi connectivity index (χ2n) is 3.55. The second-order valence-corrected chi connectivity index (χ2v) is 3.55. The lowest BCUT2D eigenvalue weighted by atomic mass is 10.1. The van der Waals surface area contributed by atoms with Crippen molar-refractivity contribution in [2.24, 2.45) is 0 Å². The standard InChI is InChI=1S/C13H8FN3/c14-13-4-3-10(7-15)6-11(13)9-17-5-1-2-12(17)8-16/h1-6H,9H2. The van der Waals surface area contributed by atoms with E-state index in [2.05, 4.69) is 0 Å². The summed E-state index contributed by atoms with van der Waals surface area (Å²) in [5.74, 6) is -0.374. The van der Waals surface area contributed by atoms with Crippen LogP contribution >= 0.6 is 0 Å². The monoisotopic (exact) mass is 225 g/mol. The van der Waals surface area contributed by atoms with Gasteiger partial charge in [-0.2, -0.15) is 10.5 Å².